The van der Waals surface area contributed by atoms with Crippen molar-refractivity contribution in [3.63, 3.8) is 0 Å². The number of hydrogen-bond donors (Lipinski definition) is 2. The van der Waals surface area contributed by atoms with Crippen LogP contribution in [0.15, 0.2) is 42.5 Å². The summed E-state index contributed by atoms with van der Waals surface area (Å²) in [6.07, 6.45) is 5.03. The van der Waals surface area contributed by atoms with E-state index in [0.717, 1.165) is 47.5 Å². The van der Waals surface area contributed by atoms with Gasteiger partial charge in [-0.25, -0.2) is 13.6 Å². The summed E-state index contributed by atoms with van der Waals surface area (Å²) < 4.78 is 35.8. The van der Waals surface area contributed by atoms with Gasteiger partial charge in [-0.15, -0.1) is 0 Å². The van der Waals surface area contributed by atoms with E-state index in [9.17, 15) is 9.90 Å². The molecule has 5 rings (SSSR count). The molecule has 178 valence electrons. The van der Waals surface area contributed by atoms with Crippen molar-refractivity contribution in [3.8, 4) is 0 Å². The van der Waals surface area contributed by atoms with Gasteiger partial charge in [0.25, 0.3) is 0 Å². The van der Waals surface area contributed by atoms with E-state index in [2.05, 4.69) is 21.5 Å². The van der Waals surface area contributed by atoms with Crippen LogP contribution in [0.25, 0.3) is 17.0 Å². The second kappa shape index (κ2) is 8.64. The summed E-state index contributed by atoms with van der Waals surface area (Å²) in [5, 5.41) is 11.0. The number of hydrogen-bond acceptors (Lipinski definition) is 4. The minimum atomic E-state index is -0.674. The smallest absolute Gasteiger partial charge is 0.330 e. The number of nitrogens with one attached hydrogen (secondary N) is 1. The second-order valence-corrected chi connectivity index (χ2v) is 9.60. The van der Waals surface area contributed by atoms with Crippen LogP contribution in [0.5, 0.6) is 0 Å². The summed E-state index contributed by atoms with van der Waals surface area (Å²) >= 11 is 0. The molecule has 0 saturated heterocycles. The van der Waals surface area contributed by atoms with E-state index in [1.54, 1.807) is 0 Å². The van der Waals surface area contributed by atoms with Crippen LogP contribution in [0.1, 0.15) is 48.2 Å². The van der Waals surface area contributed by atoms with Gasteiger partial charge in [0.1, 0.15) is 11.6 Å². The number of nitrogens with zero attached hydrogens (tertiary/aromatic N) is 1. The zero-order valence-electron chi connectivity index (χ0n) is 19.3. The van der Waals surface area contributed by atoms with Crippen molar-refractivity contribution in [2.24, 2.45) is 5.41 Å². The maximum Gasteiger partial charge on any atom is 0.330 e. The van der Waals surface area contributed by atoms with E-state index in [-0.39, 0.29) is 29.2 Å². The number of carbonyl (C=O) groups is 1. The number of methoxy groups -OCH3 is 1. The van der Waals surface area contributed by atoms with Gasteiger partial charge in [-0.1, -0.05) is 18.2 Å². The number of carbonyl (C=O) groups excluding carboxylic acids is 1. The Morgan fingerprint density at radius 3 is 2.62 bits per heavy atom. The molecule has 1 aliphatic heterocycles. The highest BCUT2D eigenvalue weighted by molar-refractivity contribution is 5.87. The largest absolute Gasteiger partial charge is 0.466 e. The lowest BCUT2D eigenvalue weighted by Gasteiger charge is -2.42. The molecule has 3 aromatic rings. The molecule has 1 aromatic heterocycles. The first-order valence-corrected chi connectivity index (χ1v) is 11.6. The molecule has 0 bridgehead atoms. The number of para-hydroxylation sites is 1. The first kappa shape index (κ1) is 22.7. The number of rotatable bonds is 6. The maximum absolute atomic E-state index is 15.6. The fourth-order valence-electron chi connectivity index (χ4n) is 5.19. The molecule has 34 heavy (non-hydrogen) atoms. The van der Waals surface area contributed by atoms with Crippen LogP contribution < -0.4 is 0 Å². The topological polar surface area (TPSA) is 65.6 Å². The predicted octanol–water partition coefficient (Wildman–Crippen LogP) is 4.74. The minimum Gasteiger partial charge on any atom is -0.466 e. The molecule has 1 aliphatic carbocycles. The highest BCUT2D eigenvalue weighted by Crippen LogP contribution is 2.50. The minimum absolute atomic E-state index is 0.0247. The molecule has 2 heterocycles. The van der Waals surface area contributed by atoms with Gasteiger partial charge in [0, 0.05) is 52.8 Å². The Hall–Kier alpha value is -3.03. The molecule has 2 aliphatic rings. The van der Waals surface area contributed by atoms with Crippen molar-refractivity contribution in [3.05, 3.63) is 76.5 Å². The normalized spacial score (nSPS) is 21.7. The molecular weight excluding hydrogens is 438 g/mol. The molecular formula is C27H28F2N2O3. The number of fused-ring (bicyclic) bond motifs is 3. The van der Waals surface area contributed by atoms with Crippen molar-refractivity contribution in [1.29, 1.82) is 0 Å². The van der Waals surface area contributed by atoms with Gasteiger partial charge in [0.2, 0.25) is 0 Å². The van der Waals surface area contributed by atoms with Gasteiger partial charge in [0.15, 0.2) is 0 Å². The number of aliphatic hydroxyl groups is 1. The number of aromatic amines is 1. The highest BCUT2D eigenvalue weighted by atomic mass is 19.1. The number of aromatic nitrogens is 1. The van der Waals surface area contributed by atoms with Crippen LogP contribution in [0, 0.1) is 17.0 Å². The third kappa shape index (κ3) is 3.93. The molecule has 2 atom stereocenters. The fraction of sp³-hybridized carbons (Fsp3) is 0.370. The Morgan fingerprint density at radius 1 is 1.26 bits per heavy atom. The first-order chi connectivity index (χ1) is 16.4. The van der Waals surface area contributed by atoms with E-state index >= 15 is 8.78 Å². The molecule has 5 nitrogen and oxygen atoms in total. The summed E-state index contributed by atoms with van der Waals surface area (Å²) in [5.41, 5.74) is 2.81. The number of aliphatic hydroxyl groups excluding tert-OH is 1. The number of H-pyrrole nitrogens is 1. The lowest BCUT2D eigenvalue weighted by atomic mass is 9.86. The van der Waals surface area contributed by atoms with Gasteiger partial charge in [-0.3, -0.25) is 4.90 Å². The van der Waals surface area contributed by atoms with E-state index < -0.39 is 23.6 Å². The van der Waals surface area contributed by atoms with Crippen molar-refractivity contribution < 1.29 is 23.4 Å². The SMILES string of the molecule is COC(=O)/C=C/c1cc(F)c([C@@H]2c3[nH]c4ccccc4c3C[C@@H](C)N2CC2(CO)CC2)c(F)c1. The van der Waals surface area contributed by atoms with Crippen LogP contribution in [-0.2, 0) is 16.0 Å². The summed E-state index contributed by atoms with van der Waals surface area (Å²) in [6, 6.07) is 9.78. The van der Waals surface area contributed by atoms with Crippen molar-refractivity contribution in [2.45, 2.75) is 38.3 Å². The molecule has 0 radical (unpaired) electrons. The lowest BCUT2D eigenvalue weighted by Crippen LogP contribution is -2.46. The zero-order valence-corrected chi connectivity index (χ0v) is 19.3. The van der Waals surface area contributed by atoms with Crippen LogP contribution >= 0.6 is 0 Å². The van der Waals surface area contributed by atoms with E-state index in [0.29, 0.717) is 6.54 Å². The van der Waals surface area contributed by atoms with Gasteiger partial charge in [0.05, 0.1) is 13.2 Å². The Bertz CT molecular complexity index is 1260. The fourth-order valence-corrected chi connectivity index (χ4v) is 5.19. The van der Waals surface area contributed by atoms with Gasteiger partial charge < -0.3 is 14.8 Å². The maximum atomic E-state index is 15.6. The van der Waals surface area contributed by atoms with Crippen molar-refractivity contribution in [1.82, 2.24) is 9.88 Å². The monoisotopic (exact) mass is 466 g/mol. The standard InChI is InChI=1S/C27H28F2N2O3/c1-16-11-19-18-5-3-4-6-22(18)30-25(19)26(31(16)14-27(15-32)9-10-27)24-20(28)12-17(13-21(24)29)7-8-23(33)34-2/h3-8,12-13,16,26,30,32H,9-11,14-15H2,1-2H3/b8-7+/t16-,26-/m1/s1. The van der Waals surface area contributed by atoms with Crippen LogP contribution in [0.4, 0.5) is 8.78 Å². The summed E-state index contributed by atoms with van der Waals surface area (Å²) in [5.74, 6) is -1.95. The Labute approximate surface area is 197 Å². The number of halogens is 2. The average molecular weight is 467 g/mol. The first-order valence-electron chi connectivity index (χ1n) is 11.6. The number of ether oxygens (including phenoxy) is 1. The van der Waals surface area contributed by atoms with E-state index in [4.69, 9.17) is 0 Å². The van der Waals surface area contributed by atoms with Crippen molar-refractivity contribution >= 4 is 22.9 Å². The highest BCUT2D eigenvalue weighted by Gasteiger charge is 2.48. The predicted molar refractivity (Wildman–Crippen MR) is 126 cm³/mol. The third-order valence-corrected chi connectivity index (χ3v) is 7.32. The van der Waals surface area contributed by atoms with Gasteiger partial charge >= 0.3 is 5.97 Å². The zero-order chi connectivity index (χ0) is 24.0. The summed E-state index contributed by atoms with van der Waals surface area (Å²) in [6.45, 7) is 2.70. The summed E-state index contributed by atoms with van der Waals surface area (Å²) in [4.78, 5) is 17.0. The molecule has 7 heteroatoms. The Kier molecular flexibility index (Phi) is 5.78. The lowest BCUT2D eigenvalue weighted by molar-refractivity contribution is -0.134. The molecule has 0 unspecified atom stereocenters. The number of esters is 1. The number of benzene rings is 2. The third-order valence-electron chi connectivity index (χ3n) is 7.32. The molecule has 0 amide bonds. The molecule has 2 N–H and O–H groups in total. The Morgan fingerprint density at radius 2 is 1.97 bits per heavy atom. The second-order valence-electron chi connectivity index (χ2n) is 9.60. The van der Waals surface area contributed by atoms with E-state index in [1.165, 1.54) is 25.3 Å². The molecule has 0 spiro atoms. The molecule has 1 fully saturated rings. The van der Waals surface area contributed by atoms with Gasteiger partial charge in [-0.05, 0) is 61.6 Å². The van der Waals surface area contributed by atoms with E-state index in [1.807, 2.05) is 24.3 Å². The average Bonchev–Trinajstić information content (AvgIpc) is 3.51. The summed E-state index contributed by atoms with van der Waals surface area (Å²) in [7, 11) is 1.24. The van der Waals surface area contributed by atoms with Crippen molar-refractivity contribution in [2.75, 3.05) is 20.3 Å². The Balaban J connectivity index is 1.64. The van der Waals surface area contributed by atoms with Gasteiger partial charge in [-0.2, -0.15) is 0 Å². The molecule has 2 aromatic carbocycles. The van der Waals surface area contributed by atoms with Crippen LogP contribution in [0.2, 0.25) is 0 Å². The van der Waals surface area contributed by atoms with Crippen LogP contribution in [-0.4, -0.2) is 47.3 Å². The van der Waals surface area contributed by atoms with Crippen LogP contribution in [0.3, 0.4) is 0 Å². The molecule has 1 saturated carbocycles. The quantitative estimate of drug-likeness (QED) is 0.407.